The highest BCUT2D eigenvalue weighted by atomic mass is 16.5. The maximum atomic E-state index is 12.0. The Labute approximate surface area is 164 Å². The first kappa shape index (κ1) is 19.2. The van der Waals surface area contributed by atoms with Crippen molar-refractivity contribution in [2.24, 2.45) is 5.10 Å². The lowest BCUT2D eigenvalue weighted by Crippen LogP contribution is -2.25. The fourth-order valence-corrected chi connectivity index (χ4v) is 2.60. The van der Waals surface area contributed by atoms with Crippen LogP contribution in [0.4, 0.5) is 0 Å². The summed E-state index contributed by atoms with van der Waals surface area (Å²) in [5.41, 5.74) is 6.34. The van der Waals surface area contributed by atoms with Crippen molar-refractivity contribution in [3.8, 4) is 22.6 Å². The molecule has 0 unspecified atom stereocenters. The molecule has 1 N–H and O–H groups in total. The van der Waals surface area contributed by atoms with E-state index in [1.807, 2.05) is 85.8 Å². The number of ether oxygens (including phenoxy) is 2. The van der Waals surface area contributed by atoms with E-state index in [0.717, 1.165) is 22.4 Å². The fourth-order valence-electron chi connectivity index (χ4n) is 2.60. The minimum atomic E-state index is -0.319. The number of hydrogen-bond donors (Lipinski definition) is 1. The summed E-state index contributed by atoms with van der Waals surface area (Å²) < 4.78 is 10.7. The summed E-state index contributed by atoms with van der Waals surface area (Å²) in [6, 6.07) is 25.2. The predicted octanol–water partition coefficient (Wildman–Crippen LogP) is 4.28. The van der Waals surface area contributed by atoms with Gasteiger partial charge in [0.05, 0.1) is 12.8 Å². The van der Waals surface area contributed by atoms with Crippen molar-refractivity contribution in [3.63, 3.8) is 0 Å². The van der Waals surface area contributed by atoms with Crippen LogP contribution in [0.15, 0.2) is 84.0 Å². The lowest BCUT2D eigenvalue weighted by Gasteiger charge is -2.07. The third-order valence-electron chi connectivity index (χ3n) is 4.19. The molecule has 3 aromatic rings. The third-order valence-corrected chi connectivity index (χ3v) is 4.19. The van der Waals surface area contributed by atoms with Gasteiger partial charge in [-0.1, -0.05) is 42.5 Å². The molecule has 0 fully saturated rings. The Morgan fingerprint density at radius 3 is 2.11 bits per heavy atom. The van der Waals surface area contributed by atoms with Gasteiger partial charge in [-0.15, -0.1) is 0 Å². The quantitative estimate of drug-likeness (QED) is 0.496. The van der Waals surface area contributed by atoms with Gasteiger partial charge in [-0.2, -0.15) is 5.10 Å². The zero-order valence-corrected chi connectivity index (χ0v) is 15.9. The number of hydrazone groups is 1. The molecule has 0 aliphatic carbocycles. The van der Waals surface area contributed by atoms with E-state index in [-0.39, 0.29) is 12.5 Å². The highest BCUT2D eigenvalue weighted by Crippen LogP contribution is 2.22. The van der Waals surface area contributed by atoms with Crippen LogP contribution in [-0.2, 0) is 4.79 Å². The standard InChI is InChI=1S/C23H22N2O3/c1-17(18-8-12-21(27-2)13-9-18)24-25-23(26)16-28-22-14-10-20(11-15-22)19-6-4-3-5-7-19/h3-15H,16H2,1-2H3,(H,25,26). The summed E-state index contributed by atoms with van der Waals surface area (Å²) in [6.07, 6.45) is 0. The molecule has 3 aromatic carbocycles. The van der Waals surface area contributed by atoms with Crippen LogP contribution in [0.3, 0.4) is 0 Å². The Morgan fingerprint density at radius 1 is 0.857 bits per heavy atom. The molecule has 0 aliphatic rings. The molecule has 0 bridgehead atoms. The van der Waals surface area contributed by atoms with Crippen molar-refractivity contribution in [1.82, 2.24) is 5.43 Å². The van der Waals surface area contributed by atoms with Crippen molar-refractivity contribution >= 4 is 11.6 Å². The predicted molar refractivity (Wildman–Crippen MR) is 111 cm³/mol. The molecule has 0 aromatic heterocycles. The molecule has 0 saturated carbocycles. The molecule has 0 spiro atoms. The van der Waals surface area contributed by atoms with Gasteiger partial charge < -0.3 is 9.47 Å². The zero-order valence-electron chi connectivity index (χ0n) is 15.9. The van der Waals surface area contributed by atoms with Crippen LogP contribution in [0, 0.1) is 0 Å². The van der Waals surface area contributed by atoms with Gasteiger partial charge in [0.25, 0.3) is 5.91 Å². The molecular formula is C23H22N2O3. The van der Waals surface area contributed by atoms with Gasteiger partial charge in [0, 0.05) is 0 Å². The number of benzene rings is 3. The Balaban J connectivity index is 1.51. The molecule has 5 nitrogen and oxygen atoms in total. The van der Waals surface area contributed by atoms with E-state index in [9.17, 15) is 4.79 Å². The highest BCUT2D eigenvalue weighted by molar-refractivity contribution is 5.99. The number of nitrogens with one attached hydrogen (secondary N) is 1. The summed E-state index contributed by atoms with van der Waals surface area (Å²) >= 11 is 0. The van der Waals surface area contributed by atoms with Crippen molar-refractivity contribution in [2.75, 3.05) is 13.7 Å². The van der Waals surface area contributed by atoms with Gasteiger partial charge in [0.2, 0.25) is 0 Å². The summed E-state index contributed by atoms with van der Waals surface area (Å²) in [7, 11) is 1.62. The minimum absolute atomic E-state index is 0.107. The summed E-state index contributed by atoms with van der Waals surface area (Å²) in [5.74, 6) is 1.08. The van der Waals surface area contributed by atoms with Crippen molar-refractivity contribution in [2.45, 2.75) is 6.92 Å². The minimum Gasteiger partial charge on any atom is -0.497 e. The van der Waals surface area contributed by atoms with Gasteiger partial charge in [0.15, 0.2) is 6.61 Å². The first-order valence-electron chi connectivity index (χ1n) is 8.91. The van der Waals surface area contributed by atoms with Crippen LogP contribution in [0.1, 0.15) is 12.5 Å². The molecule has 142 valence electrons. The molecular weight excluding hydrogens is 352 g/mol. The molecule has 3 rings (SSSR count). The van der Waals surface area contributed by atoms with E-state index < -0.39 is 0 Å². The van der Waals surface area contributed by atoms with Crippen molar-refractivity contribution < 1.29 is 14.3 Å². The average molecular weight is 374 g/mol. The molecule has 28 heavy (non-hydrogen) atoms. The topological polar surface area (TPSA) is 59.9 Å². The molecule has 0 saturated heterocycles. The number of carbonyl (C=O) groups excluding carboxylic acids is 1. The number of nitrogens with zero attached hydrogens (tertiary/aromatic N) is 1. The smallest absolute Gasteiger partial charge is 0.277 e. The van der Waals surface area contributed by atoms with E-state index >= 15 is 0 Å². The van der Waals surface area contributed by atoms with Crippen LogP contribution in [-0.4, -0.2) is 25.3 Å². The van der Waals surface area contributed by atoms with Gasteiger partial charge in [-0.05, 0) is 60.0 Å². The lowest BCUT2D eigenvalue weighted by molar-refractivity contribution is -0.123. The number of methoxy groups -OCH3 is 1. The van der Waals surface area contributed by atoms with Crippen LogP contribution in [0.25, 0.3) is 11.1 Å². The van der Waals surface area contributed by atoms with Gasteiger partial charge in [-0.25, -0.2) is 5.43 Å². The summed E-state index contributed by atoms with van der Waals surface area (Å²) in [4.78, 5) is 12.0. The van der Waals surface area contributed by atoms with E-state index in [4.69, 9.17) is 9.47 Å². The number of rotatable bonds is 7. The Bertz CT molecular complexity index is 934. The number of amides is 1. The van der Waals surface area contributed by atoms with E-state index in [1.54, 1.807) is 7.11 Å². The monoisotopic (exact) mass is 374 g/mol. The molecule has 5 heteroatoms. The molecule has 0 radical (unpaired) electrons. The Morgan fingerprint density at radius 2 is 1.46 bits per heavy atom. The second kappa shape index (κ2) is 9.37. The first-order valence-corrected chi connectivity index (χ1v) is 8.91. The van der Waals surface area contributed by atoms with Gasteiger partial charge in [-0.3, -0.25) is 4.79 Å². The Hall–Kier alpha value is -3.60. The number of carbonyl (C=O) groups is 1. The van der Waals surface area contributed by atoms with E-state index in [1.165, 1.54) is 0 Å². The second-order valence-electron chi connectivity index (χ2n) is 6.14. The molecule has 1 amide bonds. The fraction of sp³-hybridized carbons (Fsp3) is 0.130. The van der Waals surface area contributed by atoms with Crippen LogP contribution < -0.4 is 14.9 Å². The molecule has 0 aliphatic heterocycles. The zero-order chi connectivity index (χ0) is 19.8. The van der Waals surface area contributed by atoms with Gasteiger partial charge in [0.1, 0.15) is 11.5 Å². The normalized spacial score (nSPS) is 11.0. The lowest BCUT2D eigenvalue weighted by atomic mass is 10.1. The van der Waals surface area contributed by atoms with Crippen LogP contribution >= 0.6 is 0 Å². The SMILES string of the molecule is COc1ccc(C(C)=NNC(=O)COc2ccc(-c3ccccc3)cc2)cc1. The molecule has 0 heterocycles. The van der Waals surface area contributed by atoms with Crippen molar-refractivity contribution in [1.29, 1.82) is 0 Å². The maximum absolute atomic E-state index is 12.0. The van der Waals surface area contributed by atoms with Crippen LogP contribution in [0.5, 0.6) is 11.5 Å². The highest BCUT2D eigenvalue weighted by Gasteiger charge is 2.04. The molecule has 0 atom stereocenters. The number of hydrogen-bond acceptors (Lipinski definition) is 4. The second-order valence-corrected chi connectivity index (χ2v) is 6.14. The summed E-state index contributed by atoms with van der Waals surface area (Å²) in [5, 5.41) is 4.11. The van der Waals surface area contributed by atoms with Crippen LogP contribution in [0.2, 0.25) is 0 Å². The first-order chi connectivity index (χ1) is 13.7. The maximum Gasteiger partial charge on any atom is 0.277 e. The Kier molecular flexibility index (Phi) is 6.41. The van der Waals surface area contributed by atoms with E-state index in [2.05, 4.69) is 10.5 Å². The van der Waals surface area contributed by atoms with Gasteiger partial charge >= 0.3 is 0 Å². The average Bonchev–Trinajstić information content (AvgIpc) is 2.77. The largest absolute Gasteiger partial charge is 0.497 e. The summed E-state index contributed by atoms with van der Waals surface area (Å²) in [6.45, 7) is 1.72. The van der Waals surface area contributed by atoms with Crippen molar-refractivity contribution in [3.05, 3.63) is 84.4 Å². The van der Waals surface area contributed by atoms with E-state index in [0.29, 0.717) is 11.5 Å². The third kappa shape index (κ3) is 5.20.